The molecular formula is C16H19ClFN3O3. The summed E-state index contributed by atoms with van der Waals surface area (Å²) in [5, 5.41) is 10.5. The van der Waals surface area contributed by atoms with E-state index in [1.807, 2.05) is 13.8 Å². The molecule has 0 atom stereocenters. The molecule has 0 aliphatic carbocycles. The second-order valence-electron chi connectivity index (χ2n) is 5.44. The van der Waals surface area contributed by atoms with Gasteiger partial charge in [-0.2, -0.15) is 0 Å². The molecule has 1 heterocycles. The zero-order valence-electron chi connectivity index (χ0n) is 13.5. The maximum absolute atomic E-state index is 13.0. The third kappa shape index (κ3) is 5.58. The van der Waals surface area contributed by atoms with Crippen LogP contribution in [0.1, 0.15) is 42.4 Å². The Labute approximate surface area is 144 Å². The lowest BCUT2D eigenvalue weighted by molar-refractivity contribution is 0.0752. The summed E-state index contributed by atoms with van der Waals surface area (Å²) >= 11 is 5.95. The number of aromatic nitrogens is 2. The van der Waals surface area contributed by atoms with E-state index in [4.69, 9.17) is 20.8 Å². The third-order valence-corrected chi connectivity index (χ3v) is 3.43. The molecule has 130 valence electrons. The van der Waals surface area contributed by atoms with Crippen molar-refractivity contribution in [3.05, 3.63) is 46.4 Å². The van der Waals surface area contributed by atoms with E-state index in [9.17, 15) is 9.18 Å². The van der Waals surface area contributed by atoms with Gasteiger partial charge in [-0.05, 0) is 38.0 Å². The second kappa shape index (κ2) is 8.75. The van der Waals surface area contributed by atoms with Crippen molar-refractivity contribution < 1.29 is 18.3 Å². The van der Waals surface area contributed by atoms with E-state index < -0.39 is 11.7 Å². The average molecular weight is 356 g/mol. The van der Waals surface area contributed by atoms with Gasteiger partial charge < -0.3 is 14.5 Å². The molecule has 0 aliphatic rings. The number of nitrogens with zero attached hydrogens (tertiary/aromatic N) is 2. The minimum absolute atomic E-state index is 0.118. The van der Waals surface area contributed by atoms with Crippen LogP contribution in [0.25, 0.3) is 0 Å². The molecule has 6 nitrogen and oxygen atoms in total. The molecule has 0 spiro atoms. The fourth-order valence-electron chi connectivity index (χ4n) is 1.91. The monoisotopic (exact) mass is 355 g/mol. The minimum atomic E-state index is -0.441. The molecule has 2 rings (SSSR count). The summed E-state index contributed by atoms with van der Waals surface area (Å²) < 4.78 is 23.7. The fourth-order valence-corrected chi connectivity index (χ4v) is 2.15. The summed E-state index contributed by atoms with van der Waals surface area (Å²) in [4.78, 5) is 11.9. The van der Waals surface area contributed by atoms with Crippen molar-refractivity contribution in [1.29, 1.82) is 0 Å². The fraction of sp³-hybridized carbons (Fsp3) is 0.438. The number of hydrogen-bond donors (Lipinski definition) is 1. The molecule has 0 fully saturated rings. The van der Waals surface area contributed by atoms with Gasteiger partial charge in [0.25, 0.3) is 0 Å². The molecule has 1 aromatic heterocycles. The summed E-state index contributed by atoms with van der Waals surface area (Å²) in [5.74, 6) is -0.746. The van der Waals surface area contributed by atoms with Crippen LogP contribution in [0.3, 0.4) is 0 Å². The van der Waals surface area contributed by atoms with Gasteiger partial charge in [0.05, 0.1) is 12.5 Å². The zero-order valence-corrected chi connectivity index (χ0v) is 14.3. The molecule has 1 amide bonds. The lowest BCUT2D eigenvalue weighted by Crippen LogP contribution is -2.25. The Morgan fingerprint density at radius 2 is 2.21 bits per heavy atom. The van der Waals surface area contributed by atoms with E-state index in [1.165, 1.54) is 18.2 Å². The first-order valence-corrected chi connectivity index (χ1v) is 7.99. The van der Waals surface area contributed by atoms with Gasteiger partial charge in [-0.25, -0.2) is 4.39 Å². The number of halogens is 2. The Hall–Kier alpha value is -1.99. The molecule has 2 aromatic rings. The quantitative estimate of drug-likeness (QED) is 0.736. The Bertz CT molecular complexity index is 691. The number of nitrogens with one attached hydrogen (secondary N) is 1. The van der Waals surface area contributed by atoms with Crippen molar-refractivity contribution in [1.82, 2.24) is 15.5 Å². The first-order chi connectivity index (χ1) is 11.5. The van der Waals surface area contributed by atoms with Crippen molar-refractivity contribution >= 4 is 17.5 Å². The first-order valence-electron chi connectivity index (χ1n) is 7.62. The normalized spacial score (nSPS) is 11.0. The molecule has 0 bridgehead atoms. The van der Waals surface area contributed by atoms with Crippen LogP contribution in [0.4, 0.5) is 4.39 Å². The highest BCUT2D eigenvalue weighted by atomic mass is 35.5. The molecule has 8 heteroatoms. The maximum Gasteiger partial charge on any atom is 0.308 e. The van der Waals surface area contributed by atoms with Crippen LogP contribution >= 0.6 is 11.6 Å². The van der Waals surface area contributed by atoms with Crippen molar-refractivity contribution in [2.75, 3.05) is 13.2 Å². The van der Waals surface area contributed by atoms with Crippen LogP contribution in [0, 0.1) is 5.82 Å². The molecule has 1 N–H and O–H groups in total. The van der Waals surface area contributed by atoms with Crippen molar-refractivity contribution in [3.63, 3.8) is 0 Å². The molecule has 0 aliphatic heterocycles. The number of rotatable bonds is 8. The summed E-state index contributed by atoms with van der Waals surface area (Å²) in [5.41, 5.74) is 0.638. The number of hydrogen-bond acceptors (Lipinski definition) is 5. The van der Waals surface area contributed by atoms with Crippen LogP contribution < -0.4 is 5.32 Å². The van der Waals surface area contributed by atoms with E-state index in [-0.39, 0.29) is 29.3 Å². The predicted octanol–water partition coefficient (Wildman–Crippen LogP) is 3.00. The summed E-state index contributed by atoms with van der Waals surface area (Å²) in [6.07, 6.45) is 1.08. The number of amides is 1. The molecule has 0 unspecified atom stereocenters. The lowest BCUT2D eigenvalue weighted by Gasteiger charge is -2.07. The summed E-state index contributed by atoms with van der Waals surface area (Å²) in [6.45, 7) is 4.92. The zero-order chi connectivity index (χ0) is 17.5. The molecule has 0 radical (unpaired) electrons. The van der Waals surface area contributed by atoms with Crippen LogP contribution in [-0.4, -0.2) is 35.4 Å². The van der Waals surface area contributed by atoms with Crippen LogP contribution in [-0.2, 0) is 11.2 Å². The Balaban J connectivity index is 1.84. The van der Waals surface area contributed by atoms with Crippen molar-refractivity contribution in [3.8, 4) is 0 Å². The molecule has 0 saturated carbocycles. The number of carbonyl (C=O) groups is 1. The van der Waals surface area contributed by atoms with Crippen molar-refractivity contribution in [2.45, 2.75) is 32.8 Å². The van der Waals surface area contributed by atoms with Crippen LogP contribution in [0.2, 0.25) is 5.02 Å². The molecular weight excluding hydrogens is 337 g/mol. The molecule has 24 heavy (non-hydrogen) atoms. The van der Waals surface area contributed by atoms with E-state index in [2.05, 4.69) is 15.5 Å². The maximum atomic E-state index is 13.0. The Morgan fingerprint density at radius 3 is 2.92 bits per heavy atom. The van der Waals surface area contributed by atoms with Gasteiger partial charge in [-0.15, -0.1) is 10.2 Å². The van der Waals surface area contributed by atoms with Gasteiger partial charge in [-0.3, -0.25) is 4.79 Å². The van der Waals surface area contributed by atoms with Gasteiger partial charge in [0.2, 0.25) is 5.89 Å². The van der Waals surface area contributed by atoms with E-state index >= 15 is 0 Å². The van der Waals surface area contributed by atoms with Gasteiger partial charge in [0, 0.05) is 18.2 Å². The number of benzene rings is 1. The topological polar surface area (TPSA) is 77.2 Å². The van der Waals surface area contributed by atoms with Crippen LogP contribution in [0.15, 0.2) is 22.6 Å². The van der Waals surface area contributed by atoms with Crippen molar-refractivity contribution in [2.24, 2.45) is 0 Å². The highest BCUT2D eigenvalue weighted by Crippen LogP contribution is 2.20. The van der Waals surface area contributed by atoms with E-state index in [1.54, 1.807) is 0 Å². The second-order valence-corrected chi connectivity index (χ2v) is 5.85. The van der Waals surface area contributed by atoms with E-state index in [0.29, 0.717) is 25.1 Å². The van der Waals surface area contributed by atoms with Gasteiger partial charge in [-0.1, -0.05) is 17.7 Å². The predicted molar refractivity (Wildman–Crippen MR) is 86.6 cm³/mol. The molecule has 0 saturated heterocycles. The first kappa shape index (κ1) is 18.4. The minimum Gasteiger partial charge on any atom is -0.417 e. The highest BCUT2D eigenvalue weighted by Gasteiger charge is 2.15. The molecule has 1 aromatic carbocycles. The largest absolute Gasteiger partial charge is 0.417 e. The lowest BCUT2D eigenvalue weighted by atomic mass is 10.1. The summed E-state index contributed by atoms with van der Waals surface area (Å²) in [6, 6.07) is 4.04. The van der Waals surface area contributed by atoms with Crippen LogP contribution in [0.5, 0.6) is 0 Å². The Kier molecular flexibility index (Phi) is 6.69. The van der Waals surface area contributed by atoms with Gasteiger partial charge in [0.15, 0.2) is 0 Å². The SMILES string of the molecule is CC(C)OCCCNC(=O)c1nnc(Cc2ccc(F)cc2Cl)o1. The van der Waals surface area contributed by atoms with Gasteiger partial charge in [0.1, 0.15) is 5.82 Å². The van der Waals surface area contributed by atoms with Gasteiger partial charge >= 0.3 is 11.8 Å². The number of ether oxygens (including phenoxy) is 1. The van der Waals surface area contributed by atoms with E-state index in [0.717, 1.165) is 0 Å². The smallest absolute Gasteiger partial charge is 0.308 e. The Morgan fingerprint density at radius 1 is 1.42 bits per heavy atom. The third-order valence-electron chi connectivity index (χ3n) is 3.08. The average Bonchev–Trinajstić information content (AvgIpc) is 2.98. The highest BCUT2D eigenvalue weighted by molar-refractivity contribution is 6.31. The summed E-state index contributed by atoms with van der Waals surface area (Å²) in [7, 11) is 0. The number of carbonyl (C=O) groups excluding carboxylic acids is 1. The standard InChI is InChI=1S/C16H19ClFN3O3/c1-10(2)23-7-3-6-19-15(22)16-21-20-14(24-16)8-11-4-5-12(18)9-13(11)17/h4-5,9-10H,3,6-8H2,1-2H3,(H,19,22).